The minimum Gasteiger partial charge on any atom is -0.464 e. The third-order valence-corrected chi connectivity index (χ3v) is 3.21. The summed E-state index contributed by atoms with van der Waals surface area (Å²) in [5, 5.41) is 0. The van der Waals surface area contributed by atoms with Gasteiger partial charge in [-0.15, -0.1) is 0 Å². The zero-order valence-corrected chi connectivity index (χ0v) is 15.8. The molecule has 0 heterocycles. The van der Waals surface area contributed by atoms with Gasteiger partial charge in [-0.3, -0.25) is 9.59 Å². The molecule has 0 rings (SSSR count). The van der Waals surface area contributed by atoms with Crippen LogP contribution in [0.15, 0.2) is 0 Å². The molecule has 0 N–H and O–H groups in total. The van der Waals surface area contributed by atoms with E-state index >= 15 is 0 Å². The highest BCUT2D eigenvalue weighted by Gasteiger charge is 2.19. The largest absolute Gasteiger partial charge is 0.464 e. The topological polar surface area (TPSA) is 76.2 Å². The van der Waals surface area contributed by atoms with E-state index in [9.17, 15) is 14.4 Å². The van der Waals surface area contributed by atoms with Crippen LogP contribution in [-0.2, 0) is 19.1 Å². The second kappa shape index (κ2) is 11.7. The molecule has 0 aliphatic heterocycles. The zero-order chi connectivity index (χ0) is 18.7. The molecule has 0 saturated heterocycles. The zero-order valence-electron chi connectivity index (χ0n) is 15.8. The van der Waals surface area contributed by atoms with Crippen LogP contribution < -0.4 is 0 Å². The summed E-state index contributed by atoms with van der Waals surface area (Å²) in [6.45, 7) is 8.46. The van der Waals surface area contributed by atoms with Gasteiger partial charge in [0.05, 0.1) is 13.2 Å². The fraction of sp³-hybridized carbons (Fsp3) is 0.824. The smallest absolute Gasteiger partial charge is 0.409 e. The van der Waals surface area contributed by atoms with Gasteiger partial charge in [-0.1, -0.05) is 27.7 Å². The van der Waals surface area contributed by atoms with Crippen molar-refractivity contribution in [3.8, 4) is 0 Å². The van der Waals surface area contributed by atoms with E-state index in [1.165, 1.54) is 23.9 Å². The van der Waals surface area contributed by atoms with Gasteiger partial charge >= 0.3 is 12.1 Å². The molecule has 0 bridgehead atoms. The number of hydrogen-bond donors (Lipinski definition) is 0. The predicted molar refractivity (Wildman–Crippen MR) is 91.5 cm³/mol. The summed E-state index contributed by atoms with van der Waals surface area (Å²) in [6, 6.07) is 0. The first-order valence-electron chi connectivity index (χ1n) is 8.41. The van der Waals surface area contributed by atoms with Crippen molar-refractivity contribution < 1.29 is 23.9 Å². The fourth-order valence-corrected chi connectivity index (χ4v) is 1.74. The normalized spacial score (nSPS) is 10.7. The molecule has 2 amide bonds. The quantitative estimate of drug-likeness (QED) is 0.448. The highest BCUT2D eigenvalue weighted by molar-refractivity contribution is 5.85. The molecule has 0 atom stereocenters. The molecule has 140 valence electrons. The second-order valence-electron chi connectivity index (χ2n) is 6.83. The van der Waals surface area contributed by atoms with Crippen LogP contribution in [0.4, 0.5) is 4.79 Å². The molecule has 7 nitrogen and oxygen atoms in total. The van der Waals surface area contributed by atoms with Crippen LogP contribution >= 0.6 is 0 Å². The molecule has 0 aliphatic rings. The molecule has 0 aliphatic carbocycles. The number of hydrogen-bond acceptors (Lipinski definition) is 5. The van der Waals surface area contributed by atoms with E-state index in [2.05, 4.69) is 13.8 Å². The van der Waals surface area contributed by atoms with Gasteiger partial charge < -0.3 is 19.3 Å². The van der Waals surface area contributed by atoms with Crippen molar-refractivity contribution >= 4 is 18.0 Å². The molecule has 0 fully saturated rings. The molecule has 0 aromatic rings. The summed E-state index contributed by atoms with van der Waals surface area (Å²) in [4.78, 5) is 37.8. The standard InChI is InChI=1S/C17H32N2O5/c1-13(2)8-7-9-23-16(21)11-18(5)15(20)10-19(6)17(22)24-12-14(3)4/h13-14H,7-12H2,1-6H3. The molecule has 0 radical (unpaired) electrons. The number of nitrogens with zero attached hydrogens (tertiary/aromatic N) is 2. The molecule has 0 spiro atoms. The van der Waals surface area contributed by atoms with E-state index in [-0.39, 0.29) is 24.9 Å². The summed E-state index contributed by atoms with van der Waals surface area (Å²) in [5.74, 6) is 0.00269. The number of ether oxygens (including phenoxy) is 2. The summed E-state index contributed by atoms with van der Waals surface area (Å²) in [6.07, 6.45) is 1.25. The van der Waals surface area contributed by atoms with Crippen molar-refractivity contribution in [1.82, 2.24) is 9.80 Å². The first kappa shape index (κ1) is 22.2. The van der Waals surface area contributed by atoms with Gasteiger partial charge in [0, 0.05) is 14.1 Å². The van der Waals surface area contributed by atoms with Crippen molar-refractivity contribution in [2.45, 2.75) is 40.5 Å². The number of carbonyl (C=O) groups excluding carboxylic acids is 3. The maximum atomic E-state index is 12.0. The first-order valence-corrected chi connectivity index (χ1v) is 8.41. The second-order valence-corrected chi connectivity index (χ2v) is 6.83. The molecular weight excluding hydrogens is 312 g/mol. The van der Waals surface area contributed by atoms with Crippen LogP contribution in [0.1, 0.15) is 40.5 Å². The van der Waals surface area contributed by atoms with Crippen LogP contribution in [0.2, 0.25) is 0 Å². The molecule has 24 heavy (non-hydrogen) atoms. The van der Waals surface area contributed by atoms with Crippen molar-refractivity contribution in [3.05, 3.63) is 0 Å². The number of rotatable bonds is 10. The average molecular weight is 344 g/mol. The van der Waals surface area contributed by atoms with Gasteiger partial charge in [0.2, 0.25) is 5.91 Å². The minimum absolute atomic E-state index is 0.130. The number of esters is 1. The van der Waals surface area contributed by atoms with Crippen molar-refractivity contribution in [3.63, 3.8) is 0 Å². The van der Waals surface area contributed by atoms with Gasteiger partial charge in [0.25, 0.3) is 0 Å². The SMILES string of the molecule is CC(C)CCCOC(=O)CN(C)C(=O)CN(C)C(=O)OCC(C)C. The van der Waals surface area contributed by atoms with Gasteiger partial charge in [0.1, 0.15) is 13.1 Å². The van der Waals surface area contributed by atoms with E-state index in [0.717, 1.165) is 12.8 Å². The van der Waals surface area contributed by atoms with Crippen LogP contribution in [0, 0.1) is 11.8 Å². The van der Waals surface area contributed by atoms with E-state index in [0.29, 0.717) is 19.1 Å². The Morgan fingerprint density at radius 2 is 1.50 bits per heavy atom. The Labute approximate surface area is 145 Å². The monoisotopic (exact) mass is 344 g/mol. The molecule has 0 aromatic heterocycles. The Hall–Kier alpha value is -1.79. The van der Waals surface area contributed by atoms with Gasteiger partial charge in [-0.25, -0.2) is 4.79 Å². The Morgan fingerprint density at radius 1 is 0.875 bits per heavy atom. The van der Waals surface area contributed by atoms with Crippen LogP contribution in [0.5, 0.6) is 0 Å². The lowest BCUT2D eigenvalue weighted by Crippen LogP contribution is -2.42. The van der Waals surface area contributed by atoms with Crippen LogP contribution in [0.25, 0.3) is 0 Å². The fourth-order valence-electron chi connectivity index (χ4n) is 1.74. The van der Waals surface area contributed by atoms with Crippen molar-refractivity contribution in [2.75, 3.05) is 40.4 Å². The summed E-state index contributed by atoms with van der Waals surface area (Å²) in [5.41, 5.74) is 0. The van der Waals surface area contributed by atoms with Crippen molar-refractivity contribution in [1.29, 1.82) is 0 Å². The average Bonchev–Trinajstić information content (AvgIpc) is 2.48. The lowest BCUT2D eigenvalue weighted by Gasteiger charge is -2.21. The lowest BCUT2D eigenvalue weighted by molar-refractivity contribution is -0.148. The Morgan fingerprint density at radius 3 is 2.04 bits per heavy atom. The summed E-state index contributed by atoms with van der Waals surface area (Å²) < 4.78 is 10.1. The maximum absolute atomic E-state index is 12.0. The highest BCUT2D eigenvalue weighted by atomic mass is 16.6. The molecular formula is C17H32N2O5. The first-order chi connectivity index (χ1) is 11.1. The molecule has 0 unspecified atom stereocenters. The van der Waals surface area contributed by atoms with E-state index in [1.807, 2.05) is 13.8 Å². The lowest BCUT2D eigenvalue weighted by atomic mass is 10.1. The van der Waals surface area contributed by atoms with Crippen LogP contribution in [0.3, 0.4) is 0 Å². The molecule has 7 heteroatoms. The van der Waals surface area contributed by atoms with Gasteiger partial charge in [-0.2, -0.15) is 0 Å². The third-order valence-electron chi connectivity index (χ3n) is 3.21. The predicted octanol–water partition coefficient (Wildman–Crippen LogP) is 2.15. The molecule has 0 aromatic carbocycles. The summed E-state index contributed by atoms with van der Waals surface area (Å²) >= 11 is 0. The molecule has 0 saturated carbocycles. The van der Waals surface area contributed by atoms with Gasteiger partial charge in [-0.05, 0) is 24.7 Å². The number of carbonyl (C=O) groups is 3. The highest BCUT2D eigenvalue weighted by Crippen LogP contribution is 2.03. The van der Waals surface area contributed by atoms with Crippen molar-refractivity contribution in [2.24, 2.45) is 11.8 Å². The number of likely N-dealkylation sites (N-methyl/N-ethyl adjacent to an activating group) is 2. The number of amides is 2. The van der Waals surface area contributed by atoms with Crippen LogP contribution in [-0.4, -0.2) is 68.2 Å². The Kier molecular flexibility index (Phi) is 10.8. The Balaban J connectivity index is 4.08. The Bertz CT molecular complexity index is 410. The minimum atomic E-state index is -0.554. The maximum Gasteiger partial charge on any atom is 0.409 e. The van der Waals surface area contributed by atoms with Gasteiger partial charge in [0.15, 0.2) is 0 Å². The van der Waals surface area contributed by atoms with E-state index in [4.69, 9.17) is 9.47 Å². The van der Waals surface area contributed by atoms with E-state index < -0.39 is 12.1 Å². The summed E-state index contributed by atoms with van der Waals surface area (Å²) in [7, 11) is 2.99. The van der Waals surface area contributed by atoms with E-state index in [1.54, 1.807) is 0 Å². The third kappa shape index (κ3) is 10.9.